The van der Waals surface area contributed by atoms with Crippen LogP contribution in [0.5, 0.6) is 0 Å². The number of alkyl halides is 17. The summed E-state index contributed by atoms with van der Waals surface area (Å²) in [6.07, 6.45) is -3.72. The molecule has 1 atom stereocenters. The molecule has 3 aliphatic carbocycles. The minimum Gasteiger partial charge on any atom is -0.489 e. The van der Waals surface area contributed by atoms with E-state index in [2.05, 4.69) is 18.9 Å². The molecule has 3 rings (SSSR count). The van der Waals surface area contributed by atoms with Crippen LogP contribution in [0, 0.1) is 0 Å². The third kappa shape index (κ3) is 10.0. The van der Waals surface area contributed by atoms with Crippen molar-refractivity contribution in [3.05, 3.63) is 34.7 Å². The molecule has 0 aliphatic heterocycles. The van der Waals surface area contributed by atoms with Crippen molar-refractivity contribution in [1.82, 2.24) is 0 Å². The summed E-state index contributed by atoms with van der Waals surface area (Å²) in [5, 5.41) is 0. The maximum atomic E-state index is 14.3. The molecule has 0 aromatic rings. The van der Waals surface area contributed by atoms with Crippen LogP contribution in [0.25, 0.3) is 0 Å². The summed E-state index contributed by atoms with van der Waals surface area (Å²) >= 11 is 0. The molecule has 60 heavy (non-hydrogen) atoms. The Hall–Kier alpha value is -3.15. The van der Waals surface area contributed by atoms with Gasteiger partial charge in [-0.15, -0.1) is 0 Å². The van der Waals surface area contributed by atoms with E-state index in [1.807, 2.05) is 0 Å². The topological polar surface area (TPSA) is 92.3 Å². The minimum atomic E-state index is -6.07. The summed E-state index contributed by atoms with van der Waals surface area (Å²) in [7, 11) is 0. The molecule has 0 aromatic heterocycles. The van der Waals surface area contributed by atoms with Gasteiger partial charge in [0.25, 0.3) is 0 Å². The fourth-order valence-corrected chi connectivity index (χ4v) is 4.77. The standard InChI is InChI=1S/C31H33F19O10/c32-18-17(19(33)25(37,38)24(18,35)36)57-13-9-53-5-1-51-3-7-55-11-15-59-22-23(29(45,46)31(49,50)28(22,43)44)60-16-12-56-8-4-52-2-6-54-10-14-58-21-20(34)26(39,40)30(47,48)27(21,41)42/h18H,1-16H2. The normalized spacial score (nSPS) is 24.1. The highest BCUT2D eigenvalue weighted by Crippen LogP contribution is 2.61. The molecule has 0 spiro atoms. The van der Waals surface area contributed by atoms with Crippen molar-refractivity contribution in [2.24, 2.45) is 0 Å². The Morgan fingerprint density at radius 2 is 0.583 bits per heavy atom. The third-order valence-corrected chi connectivity index (χ3v) is 7.97. The highest BCUT2D eigenvalue weighted by molar-refractivity contribution is 5.35. The second-order valence-corrected chi connectivity index (χ2v) is 12.1. The van der Waals surface area contributed by atoms with Gasteiger partial charge in [-0.2, -0.15) is 70.2 Å². The van der Waals surface area contributed by atoms with Gasteiger partial charge in [-0.05, 0) is 0 Å². The Bertz CT molecular complexity index is 1520. The van der Waals surface area contributed by atoms with Gasteiger partial charge < -0.3 is 47.4 Å². The molecule has 0 saturated carbocycles. The average molecular weight is 927 g/mol. The fourth-order valence-electron chi connectivity index (χ4n) is 4.77. The van der Waals surface area contributed by atoms with E-state index in [1.165, 1.54) is 0 Å². The molecule has 3 aliphatic rings. The first-order valence-electron chi connectivity index (χ1n) is 16.9. The van der Waals surface area contributed by atoms with Crippen LogP contribution in [0.1, 0.15) is 0 Å². The zero-order valence-corrected chi connectivity index (χ0v) is 30.2. The lowest BCUT2D eigenvalue weighted by atomic mass is 10.1. The lowest BCUT2D eigenvalue weighted by molar-refractivity contribution is -0.277. The highest BCUT2D eigenvalue weighted by atomic mass is 19.4. The van der Waals surface area contributed by atoms with Crippen molar-refractivity contribution in [3.8, 4) is 0 Å². The Morgan fingerprint density at radius 3 is 0.867 bits per heavy atom. The molecular formula is C31H33F19O10. The van der Waals surface area contributed by atoms with Gasteiger partial charge in [0.1, 0.15) is 26.4 Å². The molecule has 350 valence electrons. The fraction of sp³-hybridized carbons (Fsp3) is 0.806. The monoisotopic (exact) mass is 926 g/mol. The molecule has 0 bridgehead atoms. The second-order valence-electron chi connectivity index (χ2n) is 12.1. The van der Waals surface area contributed by atoms with E-state index >= 15 is 0 Å². The van der Waals surface area contributed by atoms with Crippen molar-refractivity contribution in [1.29, 1.82) is 0 Å². The second kappa shape index (κ2) is 19.9. The lowest BCUT2D eigenvalue weighted by Gasteiger charge is -2.24. The summed E-state index contributed by atoms with van der Waals surface area (Å²) in [4.78, 5) is 0. The Morgan fingerprint density at radius 1 is 0.317 bits per heavy atom. The van der Waals surface area contributed by atoms with Gasteiger partial charge in [0.15, 0.2) is 5.76 Å². The number of hydrogen-bond donors (Lipinski definition) is 0. The average Bonchev–Trinajstić information content (AvgIpc) is 3.38. The largest absolute Gasteiger partial charge is 0.489 e. The van der Waals surface area contributed by atoms with Crippen LogP contribution < -0.4 is 0 Å². The number of allylic oxidation sites excluding steroid dienone is 6. The van der Waals surface area contributed by atoms with Crippen LogP contribution in [0.3, 0.4) is 0 Å². The van der Waals surface area contributed by atoms with E-state index in [4.69, 9.17) is 28.4 Å². The minimum absolute atomic E-state index is 0.198. The highest BCUT2D eigenvalue weighted by Gasteiger charge is 2.84. The van der Waals surface area contributed by atoms with Gasteiger partial charge >= 0.3 is 47.4 Å². The van der Waals surface area contributed by atoms with Crippen molar-refractivity contribution < 1.29 is 131 Å². The van der Waals surface area contributed by atoms with Gasteiger partial charge in [-0.25, -0.2) is 13.2 Å². The van der Waals surface area contributed by atoms with Crippen molar-refractivity contribution in [2.45, 2.75) is 53.6 Å². The van der Waals surface area contributed by atoms with Crippen molar-refractivity contribution in [3.63, 3.8) is 0 Å². The Labute approximate surface area is 325 Å². The van der Waals surface area contributed by atoms with E-state index in [9.17, 15) is 83.4 Å². The molecule has 0 heterocycles. The number of rotatable bonds is 28. The van der Waals surface area contributed by atoms with Crippen molar-refractivity contribution in [2.75, 3.05) is 106 Å². The van der Waals surface area contributed by atoms with Gasteiger partial charge in [0.2, 0.25) is 35.1 Å². The van der Waals surface area contributed by atoms with Crippen LogP contribution in [-0.2, 0) is 47.4 Å². The van der Waals surface area contributed by atoms with E-state index < -0.39 is 141 Å². The molecule has 0 amide bonds. The van der Waals surface area contributed by atoms with Gasteiger partial charge in [0.05, 0.1) is 79.3 Å². The van der Waals surface area contributed by atoms with E-state index in [1.54, 1.807) is 0 Å². The molecule has 1 unspecified atom stereocenters. The van der Waals surface area contributed by atoms with E-state index in [0.29, 0.717) is 0 Å². The summed E-state index contributed by atoms with van der Waals surface area (Å²) in [5.74, 6) is -59.9. The van der Waals surface area contributed by atoms with Gasteiger partial charge in [0, 0.05) is 0 Å². The van der Waals surface area contributed by atoms with E-state index in [-0.39, 0.29) is 52.9 Å². The molecule has 0 aromatic carbocycles. The summed E-state index contributed by atoms with van der Waals surface area (Å²) in [5.41, 5.74) is 0. The molecule has 0 N–H and O–H groups in total. The summed E-state index contributed by atoms with van der Waals surface area (Å²) < 4.78 is 304. The molecule has 10 nitrogen and oxygen atoms in total. The first kappa shape index (κ1) is 51.2. The van der Waals surface area contributed by atoms with Gasteiger partial charge in [-0.1, -0.05) is 0 Å². The van der Waals surface area contributed by atoms with E-state index in [0.717, 1.165) is 0 Å². The van der Waals surface area contributed by atoms with Gasteiger partial charge in [-0.3, -0.25) is 0 Å². The number of ether oxygens (including phenoxy) is 10. The predicted molar refractivity (Wildman–Crippen MR) is 156 cm³/mol. The quantitative estimate of drug-likeness (QED) is 0.0594. The maximum absolute atomic E-state index is 14.3. The number of halogens is 19. The molecule has 0 saturated heterocycles. The Kier molecular flexibility index (Phi) is 17.0. The SMILES string of the molecule is FC1=C(OCCOCCOCCOCCOC2=C(OCCOCCOCCOCCOC3=C(F)C(F)(F)C(F)(F)C3(F)F)C(F)(F)C(F)(F)C2(F)F)C(F)C(F)(F)C1(F)F. The first-order chi connectivity index (χ1) is 27.7. The van der Waals surface area contributed by atoms with Crippen molar-refractivity contribution >= 4 is 0 Å². The van der Waals surface area contributed by atoms with Crippen LogP contribution in [0.15, 0.2) is 34.7 Å². The lowest BCUT2D eigenvalue weighted by Crippen LogP contribution is -2.49. The molecular weight excluding hydrogens is 893 g/mol. The molecule has 29 heteroatoms. The van der Waals surface area contributed by atoms with Crippen LogP contribution in [-0.4, -0.2) is 159 Å². The zero-order valence-electron chi connectivity index (χ0n) is 30.2. The maximum Gasteiger partial charge on any atom is 0.387 e. The first-order valence-corrected chi connectivity index (χ1v) is 16.9. The zero-order chi connectivity index (χ0) is 45.4. The molecule has 0 radical (unpaired) electrons. The van der Waals surface area contributed by atoms with Crippen LogP contribution in [0.2, 0.25) is 0 Å². The predicted octanol–water partition coefficient (Wildman–Crippen LogP) is 7.19. The third-order valence-electron chi connectivity index (χ3n) is 7.97. The summed E-state index contributed by atoms with van der Waals surface area (Å²) in [6, 6.07) is 0. The summed E-state index contributed by atoms with van der Waals surface area (Å²) in [6.45, 7) is -8.34. The Balaban J connectivity index is 1.25. The van der Waals surface area contributed by atoms with Crippen LogP contribution >= 0.6 is 0 Å². The molecule has 0 fully saturated rings. The smallest absolute Gasteiger partial charge is 0.387 e. The number of hydrogen-bond acceptors (Lipinski definition) is 10. The van der Waals surface area contributed by atoms with Crippen LogP contribution in [0.4, 0.5) is 83.4 Å².